The van der Waals surface area contributed by atoms with Gasteiger partial charge in [-0.3, -0.25) is 4.79 Å². The number of aromatic carboxylic acids is 1. The van der Waals surface area contributed by atoms with Gasteiger partial charge in [0.1, 0.15) is 0 Å². The quantitative estimate of drug-likeness (QED) is 0.840. The summed E-state index contributed by atoms with van der Waals surface area (Å²) < 4.78 is 0. The fourth-order valence-corrected chi connectivity index (χ4v) is 1.50. The minimum Gasteiger partial charge on any atom is -0.476 e. The number of carbonyl (C=O) groups excluding carboxylic acids is 1. The van der Waals surface area contributed by atoms with Gasteiger partial charge in [0.05, 0.1) is 6.54 Å². The monoisotopic (exact) mass is 246 g/mol. The Balaban J connectivity index is 2.66. The number of rotatable bonds is 4. The van der Waals surface area contributed by atoms with E-state index in [4.69, 9.17) is 16.7 Å². The molecular formula is C8H7ClN2O3S. The molecule has 0 saturated heterocycles. The minimum absolute atomic E-state index is 0.0883. The average molecular weight is 247 g/mol. The molecule has 0 atom stereocenters. The molecule has 1 heterocycles. The normalized spacial score (nSPS) is 9.67. The smallest absolute Gasteiger partial charge is 0.355 e. The molecule has 7 heteroatoms. The molecule has 0 aliphatic heterocycles. The maximum atomic E-state index is 11.3. The summed E-state index contributed by atoms with van der Waals surface area (Å²) in [5, 5.41) is 12.7. The Morgan fingerprint density at radius 3 is 2.80 bits per heavy atom. The van der Waals surface area contributed by atoms with E-state index in [2.05, 4.69) is 16.9 Å². The lowest BCUT2D eigenvalue weighted by Crippen LogP contribution is -2.24. The third kappa shape index (κ3) is 3.34. The number of carbonyl (C=O) groups is 2. The number of hydrogen-bond donors (Lipinski definition) is 2. The van der Waals surface area contributed by atoms with Crippen molar-refractivity contribution < 1.29 is 14.7 Å². The van der Waals surface area contributed by atoms with Crippen molar-refractivity contribution in [2.75, 3.05) is 6.54 Å². The Bertz CT molecular complexity index is 416. The van der Waals surface area contributed by atoms with E-state index in [1.165, 1.54) is 5.38 Å². The zero-order valence-corrected chi connectivity index (χ0v) is 9.06. The van der Waals surface area contributed by atoms with Crippen molar-refractivity contribution in [3.8, 4) is 0 Å². The molecule has 15 heavy (non-hydrogen) atoms. The number of aromatic nitrogens is 1. The molecule has 0 aromatic carbocycles. The second kappa shape index (κ2) is 4.90. The Morgan fingerprint density at radius 1 is 1.67 bits per heavy atom. The molecule has 0 unspecified atom stereocenters. The van der Waals surface area contributed by atoms with Gasteiger partial charge in [-0.1, -0.05) is 18.2 Å². The average Bonchev–Trinajstić information content (AvgIpc) is 2.62. The van der Waals surface area contributed by atoms with E-state index >= 15 is 0 Å². The van der Waals surface area contributed by atoms with Gasteiger partial charge in [-0.05, 0) is 0 Å². The van der Waals surface area contributed by atoms with Crippen molar-refractivity contribution in [2.45, 2.75) is 0 Å². The van der Waals surface area contributed by atoms with E-state index in [1.54, 1.807) is 0 Å². The van der Waals surface area contributed by atoms with Crippen LogP contribution in [0.25, 0.3) is 0 Å². The molecule has 1 aromatic rings. The van der Waals surface area contributed by atoms with Gasteiger partial charge in [-0.15, -0.1) is 11.3 Å². The first-order valence-electron chi connectivity index (χ1n) is 3.81. The summed E-state index contributed by atoms with van der Waals surface area (Å²) in [6.45, 7) is 3.52. The molecule has 0 saturated carbocycles. The number of carboxylic acid groups (broad SMARTS) is 1. The molecule has 0 aliphatic carbocycles. The van der Waals surface area contributed by atoms with E-state index in [0.29, 0.717) is 5.03 Å². The van der Waals surface area contributed by atoms with Crippen LogP contribution in [0, 0.1) is 0 Å². The third-order valence-corrected chi connectivity index (χ3v) is 2.33. The molecule has 0 aliphatic rings. The Morgan fingerprint density at radius 2 is 2.33 bits per heavy atom. The second-order valence-corrected chi connectivity index (χ2v) is 3.94. The van der Waals surface area contributed by atoms with Crippen LogP contribution in [0.1, 0.15) is 20.3 Å². The van der Waals surface area contributed by atoms with E-state index < -0.39 is 11.9 Å². The van der Waals surface area contributed by atoms with Crippen molar-refractivity contribution in [1.29, 1.82) is 0 Å². The lowest BCUT2D eigenvalue weighted by atomic mass is 10.5. The maximum Gasteiger partial charge on any atom is 0.355 e. The predicted molar refractivity (Wildman–Crippen MR) is 56.4 cm³/mol. The lowest BCUT2D eigenvalue weighted by Gasteiger charge is -1.99. The summed E-state index contributed by atoms with van der Waals surface area (Å²) >= 11 is 6.41. The molecule has 0 radical (unpaired) electrons. The molecule has 1 aromatic heterocycles. The number of halogens is 1. The lowest BCUT2D eigenvalue weighted by molar-refractivity contribution is 0.0691. The van der Waals surface area contributed by atoms with Crippen molar-refractivity contribution >= 4 is 34.8 Å². The molecule has 80 valence electrons. The molecule has 0 spiro atoms. The number of thiazole rings is 1. The first kappa shape index (κ1) is 11.7. The Kier molecular flexibility index (Phi) is 3.81. The van der Waals surface area contributed by atoms with Crippen LogP contribution in [0.15, 0.2) is 17.0 Å². The highest BCUT2D eigenvalue weighted by Gasteiger charge is 2.14. The van der Waals surface area contributed by atoms with Crippen LogP contribution in [-0.4, -0.2) is 28.5 Å². The van der Waals surface area contributed by atoms with Gasteiger partial charge in [0.15, 0.2) is 10.7 Å². The van der Waals surface area contributed by atoms with E-state index in [9.17, 15) is 9.59 Å². The summed E-state index contributed by atoms with van der Waals surface area (Å²) in [6, 6.07) is 0. The topological polar surface area (TPSA) is 79.3 Å². The highest BCUT2D eigenvalue weighted by molar-refractivity contribution is 7.11. The summed E-state index contributed by atoms with van der Waals surface area (Å²) in [6.07, 6.45) is 0. The molecule has 5 nitrogen and oxygen atoms in total. The van der Waals surface area contributed by atoms with Crippen molar-refractivity contribution in [2.24, 2.45) is 0 Å². The van der Waals surface area contributed by atoms with E-state index in [0.717, 1.165) is 11.3 Å². The van der Waals surface area contributed by atoms with Gasteiger partial charge in [-0.25, -0.2) is 9.78 Å². The van der Waals surface area contributed by atoms with Crippen LogP contribution in [0.3, 0.4) is 0 Å². The fraction of sp³-hybridized carbons (Fsp3) is 0.125. The van der Waals surface area contributed by atoms with E-state index in [-0.39, 0.29) is 17.2 Å². The second-order valence-electron chi connectivity index (χ2n) is 2.54. The number of carboxylic acids is 1. The largest absolute Gasteiger partial charge is 0.476 e. The molecular weight excluding hydrogens is 240 g/mol. The number of amides is 1. The summed E-state index contributed by atoms with van der Waals surface area (Å²) in [5.41, 5.74) is -0.144. The first-order chi connectivity index (χ1) is 7.00. The predicted octanol–water partition coefficient (Wildman–Crippen LogP) is 1.32. The van der Waals surface area contributed by atoms with Gasteiger partial charge in [0, 0.05) is 10.4 Å². The van der Waals surface area contributed by atoms with Crippen LogP contribution in [-0.2, 0) is 0 Å². The molecule has 1 amide bonds. The van der Waals surface area contributed by atoms with Crippen molar-refractivity contribution in [3.05, 3.63) is 27.7 Å². The summed E-state index contributed by atoms with van der Waals surface area (Å²) in [5.74, 6) is -1.62. The highest BCUT2D eigenvalue weighted by Crippen LogP contribution is 2.09. The minimum atomic E-state index is -1.16. The molecule has 1 rings (SSSR count). The zero-order valence-electron chi connectivity index (χ0n) is 7.49. The van der Waals surface area contributed by atoms with Crippen molar-refractivity contribution in [1.82, 2.24) is 10.3 Å². The molecule has 2 N–H and O–H groups in total. The summed E-state index contributed by atoms with van der Waals surface area (Å²) in [7, 11) is 0. The number of nitrogens with zero attached hydrogens (tertiary/aromatic N) is 1. The van der Waals surface area contributed by atoms with Crippen LogP contribution >= 0.6 is 22.9 Å². The van der Waals surface area contributed by atoms with Gasteiger partial charge >= 0.3 is 5.97 Å². The first-order valence-corrected chi connectivity index (χ1v) is 5.06. The zero-order chi connectivity index (χ0) is 11.4. The Hall–Kier alpha value is -1.40. The van der Waals surface area contributed by atoms with E-state index in [1.807, 2.05) is 0 Å². The van der Waals surface area contributed by atoms with Gasteiger partial charge < -0.3 is 10.4 Å². The standard InChI is InChI=1S/C8H7ClN2O3S/c1-4(9)2-10-6(12)7-11-5(3-15-7)8(13)14/h3H,1-2H2,(H,10,12)(H,13,14). The van der Waals surface area contributed by atoms with Gasteiger partial charge in [-0.2, -0.15) is 0 Å². The summed E-state index contributed by atoms with van der Waals surface area (Å²) in [4.78, 5) is 25.4. The van der Waals surface area contributed by atoms with Crippen LogP contribution in [0.5, 0.6) is 0 Å². The maximum absolute atomic E-state index is 11.3. The SMILES string of the molecule is C=C(Cl)CNC(=O)c1nc(C(=O)O)cs1. The Labute approximate surface area is 94.4 Å². The highest BCUT2D eigenvalue weighted by atomic mass is 35.5. The molecule has 0 bridgehead atoms. The van der Waals surface area contributed by atoms with Crippen LogP contribution in [0.2, 0.25) is 0 Å². The number of nitrogens with one attached hydrogen (secondary N) is 1. The van der Waals surface area contributed by atoms with Crippen LogP contribution in [0.4, 0.5) is 0 Å². The number of hydrogen-bond acceptors (Lipinski definition) is 4. The molecule has 0 fully saturated rings. The van der Waals surface area contributed by atoms with Gasteiger partial charge in [0.25, 0.3) is 5.91 Å². The van der Waals surface area contributed by atoms with Gasteiger partial charge in [0.2, 0.25) is 0 Å². The third-order valence-electron chi connectivity index (χ3n) is 1.36. The fourth-order valence-electron chi connectivity index (χ4n) is 0.728. The van der Waals surface area contributed by atoms with Crippen LogP contribution < -0.4 is 5.32 Å². The van der Waals surface area contributed by atoms with Crippen molar-refractivity contribution in [3.63, 3.8) is 0 Å².